The summed E-state index contributed by atoms with van der Waals surface area (Å²) in [7, 11) is 0. The molecule has 0 unspecified atom stereocenters. The van der Waals surface area contributed by atoms with Gasteiger partial charge in [-0.15, -0.1) is 24.8 Å². The van der Waals surface area contributed by atoms with Crippen LogP contribution >= 0.6 is 24.8 Å². The summed E-state index contributed by atoms with van der Waals surface area (Å²) in [6.07, 6.45) is 5.12. The maximum Gasteiger partial charge on any atom is 0.188 e. The van der Waals surface area contributed by atoms with Crippen molar-refractivity contribution in [1.29, 1.82) is 5.41 Å². The summed E-state index contributed by atoms with van der Waals surface area (Å²) < 4.78 is 6.13. The second-order valence-corrected chi connectivity index (χ2v) is 7.84. The highest BCUT2D eigenvalue weighted by Crippen LogP contribution is 2.25. The topological polar surface area (TPSA) is 78.5 Å². The molecule has 4 rings (SSSR count). The Morgan fingerprint density at radius 3 is 2.60 bits per heavy atom. The van der Waals surface area contributed by atoms with Crippen molar-refractivity contribution in [3.63, 3.8) is 0 Å². The number of nitrogens with zero attached hydrogens (tertiary/aromatic N) is 3. The van der Waals surface area contributed by atoms with Gasteiger partial charge in [0.1, 0.15) is 5.75 Å². The van der Waals surface area contributed by atoms with Crippen LogP contribution in [0.15, 0.2) is 42.6 Å². The zero-order valence-corrected chi connectivity index (χ0v) is 18.8. The summed E-state index contributed by atoms with van der Waals surface area (Å²) in [5, 5.41) is 7.65. The number of guanidine groups is 1. The lowest BCUT2D eigenvalue weighted by Crippen LogP contribution is -2.40. The Kier molecular flexibility index (Phi) is 9.21. The van der Waals surface area contributed by atoms with Gasteiger partial charge < -0.3 is 15.4 Å². The normalized spacial score (nSPS) is 16.7. The molecule has 2 aliphatic rings. The first kappa shape index (κ1) is 24.3. The molecule has 1 aromatic carbocycles. The molecule has 30 heavy (non-hydrogen) atoms. The zero-order valence-electron chi connectivity index (χ0n) is 17.1. The standard InChI is InChI=1S/C22H29N5O.2ClH/c23-22(24)27-12-8-18-4-5-21(13-19(18)14-27)28-16-17-6-10-26(11-7-17)15-20-3-1-2-9-25-20;;/h1-5,9,13,17H,6-8,10-12,14-16H2,(H3,23,24);2*1H. The Morgan fingerprint density at radius 2 is 1.90 bits per heavy atom. The second-order valence-electron chi connectivity index (χ2n) is 7.84. The smallest absolute Gasteiger partial charge is 0.188 e. The number of nitrogens with two attached hydrogens (primary N) is 1. The van der Waals surface area contributed by atoms with Crippen molar-refractivity contribution in [3.8, 4) is 5.75 Å². The molecule has 0 aliphatic carbocycles. The predicted molar refractivity (Wildman–Crippen MR) is 125 cm³/mol. The van der Waals surface area contributed by atoms with Gasteiger partial charge in [-0.05, 0) is 73.7 Å². The molecule has 2 aromatic rings. The molecular weight excluding hydrogens is 421 g/mol. The predicted octanol–water partition coefficient (Wildman–Crippen LogP) is 3.47. The van der Waals surface area contributed by atoms with Gasteiger partial charge in [0.2, 0.25) is 0 Å². The van der Waals surface area contributed by atoms with Crippen LogP contribution in [0.25, 0.3) is 0 Å². The van der Waals surface area contributed by atoms with Gasteiger partial charge in [0.25, 0.3) is 0 Å². The zero-order chi connectivity index (χ0) is 19.3. The van der Waals surface area contributed by atoms with E-state index in [0.717, 1.165) is 63.5 Å². The summed E-state index contributed by atoms with van der Waals surface area (Å²) in [6.45, 7) is 5.43. The van der Waals surface area contributed by atoms with E-state index >= 15 is 0 Å². The summed E-state index contributed by atoms with van der Waals surface area (Å²) in [5.41, 5.74) is 9.36. The molecule has 0 saturated carbocycles. The van der Waals surface area contributed by atoms with Crippen LogP contribution in [0.4, 0.5) is 0 Å². The first-order valence-electron chi connectivity index (χ1n) is 10.1. The molecule has 0 atom stereocenters. The van der Waals surface area contributed by atoms with E-state index in [1.807, 2.05) is 17.2 Å². The number of likely N-dealkylation sites (tertiary alicyclic amines) is 1. The van der Waals surface area contributed by atoms with Crippen molar-refractivity contribution in [1.82, 2.24) is 14.8 Å². The van der Waals surface area contributed by atoms with Gasteiger partial charge in [-0.25, -0.2) is 0 Å². The Hall–Kier alpha value is -2.02. The molecule has 164 valence electrons. The fourth-order valence-corrected chi connectivity index (χ4v) is 4.07. The molecular formula is C22H31Cl2N5O. The van der Waals surface area contributed by atoms with E-state index in [0.29, 0.717) is 12.5 Å². The molecule has 1 saturated heterocycles. The third-order valence-electron chi connectivity index (χ3n) is 5.84. The SMILES string of the molecule is Cl.Cl.N=C(N)N1CCc2ccc(OCC3CCN(Cc4ccccn4)CC3)cc2C1. The number of nitrogens with one attached hydrogen (secondary N) is 1. The van der Waals surface area contributed by atoms with Gasteiger partial charge >= 0.3 is 0 Å². The molecule has 0 spiro atoms. The van der Waals surface area contributed by atoms with Crippen LogP contribution in [-0.2, 0) is 19.5 Å². The Balaban J connectivity index is 0.00000160. The van der Waals surface area contributed by atoms with Crippen LogP contribution in [0.1, 0.15) is 29.7 Å². The molecule has 2 aliphatic heterocycles. The molecule has 1 fully saturated rings. The number of rotatable bonds is 5. The molecule has 6 nitrogen and oxygen atoms in total. The van der Waals surface area contributed by atoms with Gasteiger partial charge in [-0.2, -0.15) is 0 Å². The van der Waals surface area contributed by atoms with E-state index in [-0.39, 0.29) is 30.8 Å². The van der Waals surface area contributed by atoms with Crippen molar-refractivity contribution in [2.24, 2.45) is 11.7 Å². The van der Waals surface area contributed by atoms with E-state index in [9.17, 15) is 0 Å². The average molecular weight is 452 g/mol. The van der Waals surface area contributed by atoms with Gasteiger partial charge in [0.15, 0.2) is 5.96 Å². The maximum absolute atomic E-state index is 7.65. The third-order valence-corrected chi connectivity index (χ3v) is 5.84. The minimum absolute atomic E-state index is 0. The highest BCUT2D eigenvalue weighted by Gasteiger charge is 2.21. The minimum Gasteiger partial charge on any atom is -0.493 e. The highest BCUT2D eigenvalue weighted by atomic mass is 35.5. The minimum atomic E-state index is 0. The van der Waals surface area contributed by atoms with Crippen LogP contribution in [0.3, 0.4) is 0 Å². The monoisotopic (exact) mass is 451 g/mol. The van der Waals surface area contributed by atoms with Gasteiger partial charge in [-0.1, -0.05) is 12.1 Å². The molecule has 3 heterocycles. The molecule has 8 heteroatoms. The Morgan fingerprint density at radius 1 is 1.10 bits per heavy atom. The molecule has 1 aromatic heterocycles. The number of hydrogen-bond donors (Lipinski definition) is 2. The van der Waals surface area contributed by atoms with Gasteiger partial charge in [0.05, 0.1) is 12.3 Å². The third kappa shape index (κ3) is 6.24. The van der Waals surface area contributed by atoms with Gasteiger partial charge in [-0.3, -0.25) is 15.3 Å². The van der Waals surface area contributed by atoms with Crippen LogP contribution in [0.5, 0.6) is 5.75 Å². The molecule has 0 radical (unpaired) electrons. The number of pyridine rings is 1. The van der Waals surface area contributed by atoms with E-state index in [1.54, 1.807) is 0 Å². The van der Waals surface area contributed by atoms with Crippen LogP contribution in [-0.4, -0.2) is 47.0 Å². The van der Waals surface area contributed by atoms with Crippen molar-refractivity contribution < 1.29 is 4.74 Å². The van der Waals surface area contributed by atoms with Crippen molar-refractivity contribution >= 4 is 30.8 Å². The Bertz CT molecular complexity index is 812. The lowest BCUT2D eigenvalue weighted by molar-refractivity contribution is 0.135. The quantitative estimate of drug-likeness (QED) is 0.537. The number of fused-ring (bicyclic) bond motifs is 1. The van der Waals surface area contributed by atoms with Crippen molar-refractivity contribution in [2.75, 3.05) is 26.2 Å². The largest absolute Gasteiger partial charge is 0.493 e. The van der Waals surface area contributed by atoms with Gasteiger partial charge in [0, 0.05) is 25.8 Å². The first-order valence-corrected chi connectivity index (χ1v) is 10.1. The van der Waals surface area contributed by atoms with Crippen LogP contribution < -0.4 is 10.5 Å². The van der Waals surface area contributed by atoms with Crippen LogP contribution in [0, 0.1) is 11.3 Å². The fourth-order valence-electron chi connectivity index (χ4n) is 4.07. The summed E-state index contributed by atoms with van der Waals surface area (Å²) in [5.74, 6) is 1.68. The van der Waals surface area contributed by atoms with E-state index in [1.165, 1.54) is 11.1 Å². The van der Waals surface area contributed by atoms with E-state index < -0.39 is 0 Å². The first-order chi connectivity index (χ1) is 13.7. The number of benzene rings is 1. The van der Waals surface area contributed by atoms with Crippen molar-refractivity contribution in [3.05, 3.63) is 59.4 Å². The number of piperidine rings is 1. The lowest BCUT2D eigenvalue weighted by Gasteiger charge is -2.32. The van der Waals surface area contributed by atoms with Crippen molar-refractivity contribution in [2.45, 2.75) is 32.4 Å². The molecule has 3 N–H and O–H groups in total. The number of aromatic nitrogens is 1. The average Bonchev–Trinajstić information content (AvgIpc) is 2.73. The van der Waals surface area contributed by atoms with E-state index in [4.69, 9.17) is 15.9 Å². The molecule has 0 bridgehead atoms. The lowest BCUT2D eigenvalue weighted by atomic mass is 9.97. The Labute approximate surface area is 191 Å². The van der Waals surface area contributed by atoms with Crippen LogP contribution in [0.2, 0.25) is 0 Å². The summed E-state index contributed by atoms with van der Waals surface area (Å²) >= 11 is 0. The van der Waals surface area contributed by atoms with E-state index in [2.05, 4.69) is 40.2 Å². The number of ether oxygens (including phenoxy) is 1. The number of halogens is 2. The fraction of sp³-hybridized carbons (Fsp3) is 0.455. The molecule has 0 amide bonds. The second kappa shape index (κ2) is 11.4. The highest BCUT2D eigenvalue weighted by molar-refractivity contribution is 5.85. The summed E-state index contributed by atoms with van der Waals surface area (Å²) in [6, 6.07) is 12.5. The maximum atomic E-state index is 7.65. The number of hydrogen-bond acceptors (Lipinski definition) is 4. The summed E-state index contributed by atoms with van der Waals surface area (Å²) in [4.78, 5) is 8.81.